The first-order valence-corrected chi connectivity index (χ1v) is 10.5. The third kappa shape index (κ3) is 3.95. The Labute approximate surface area is 169 Å². The number of ether oxygens (including phenoxy) is 1. The maximum absolute atomic E-state index is 13.1. The number of quaternary nitrogens is 1. The van der Waals surface area contributed by atoms with E-state index in [2.05, 4.69) is 47.3 Å². The monoisotopic (exact) mass is 397 g/mol. The average Bonchev–Trinajstić information content (AvgIpc) is 3.39. The number of tetrazole rings is 1. The van der Waals surface area contributed by atoms with Crippen molar-refractivity contribution < 1.29 is 9.64 Å². The van der Waals surface area contributed by atoms with E-state index in [0.29, 0.717) is 12.1 Å². The largest absolute Gasteiger partial charge is 0.376 e. The molecule has 3 heterocycles. The molecule has 1 fully saturated rings. The van der Waals surface area contributed by atoms with Crippen LogP contribution in [0.25, 0.3) is 10.9 Å². The van der Waals surface area contributed by atoms with Crippen molar-refractivity contribution in [2.24, 2.45) is 0 Å². The molecule has 2 atom stereocenters. The van der Waals surface area contributed by atoms with E-state index in [0.717, 1.165) is 54.8 Å². The van der Waals surface area contributed by atoms with Crippen LogP contribution in [0, 0.1) is 6.92 Å². The van der Waals surface area contributed by atoms with Gasteiger partial charge in [-0.1, -0.05) is 11.6 Å². The van der Waals surface area contributed by atoms with Gasteiger partial charge in [-0.2, -0.15) is 0 Å². The van der Waals surface area contributed by atoms with Crippen LogP contribution in [0.5, 0.6) is 0 Å². The SMILES string of the molecule is CC[NH+](CC)[C@@H](c1cc2cc(C)ccc2[nH]c1=O)c1nnnn1C[C@H]1CCCO1. The lowest BCUT2D eigenvalue weighted by Gasteiger charge is -2.26. The molecule has 0 aliphatic carbocycles. The van der Waals surface area contributed by atoms with Gasteiger partial charge in [-0.15, -0.1) is 5.10 Å². The molecule has 0 unspecified atom stereocenters. The number of hydrogen-bond donors (Lipinski definition) is 2. The van der Waals surface area contributed by atoms with E-state index in [4.69, 9.17) is 4.74 Å². The summed E-state index contributed by atoms with van der Waals surface area (Å²) in [7, 11) is 0. The predicted molar refractivity (Wildman–Crippen MR) is 110 cm³/mol. The second kappa shape index (κ2) is 8.42. The zero-order valence-corrected chi connectivity index (χ0v) is 17.3. The summed E-state index contributed by atoms with van der Waals surface area (Å²) in [5, 5.41) is 13.6. The molecule has 154 valence electrons. The van der Waals surface area contributed by atoms with Gasteiger partial charge in [0.2, 0.25) is 5.82 Å². The van der Waals surface area contributed by atoms with Gasteiger partial charge < -0.3 is 14.6 Å². The van der Waals surface area contributed by atoms with Gasteiger partial charge >= 0.3 is 0 Å². The van der Waals surface area contributed by atoms with Crippen molar-refractivity contribution in [1.82, 2.24) is 25.2 Å². The Hall–Kier alpha value is -2.58. The molecule has 8 heteroatoms. The van der Waals surface area contributed by atoms with Crippen molar-refractivity contribution in [1.29, 1.82) is 0 Å². The third-order valence-electron chi connectivity index (χ3n) is 5.87. The van der Waals surface area contributed by atoms with Gasteiger partial charge in [-0.05, 0) is 67.6 Å². The highest BCUT2D eigenvalue weighted by Gasteiger charge is 2.33. The Morgan fingerprint density at radius 2 is 2.14 bits per heavy atom. The van der Waals surface area contributed by atoms with Crippen molar-refractivity contribution in [2.75, 3.05) is 19.7 Å². The molecule has 4 rings (SSSR count). The second-order valence-corrected chi connectivity index (χ2v) is 7.80. The number of aromatic amines is 1. The molecule has 2 aromatic heterocycles. The number of benzene rings is 1. The number of H-pyrrole nitrogens is 1. The van der Waals surface area contributed by atoms with Gasteiger partial charge in [0.25, 0.3) is 5.56 Å². The number of aryl methyl sites for hydroxylation is 1. The Kier molecular flexibility index (Phi) is 5.73. The van der Waals surface area contributed by atoms with Crippen LogP contribution >= 0.6 is 0 Å². The molecule has 0 radical (unpaired) electrons. The minimum absolute atomic E-state index is 0.0857. The molecule has 1 saturated heterocycles. The smallest absolute Gasteiger partial charge is 0.258 e. The molecular formula is C21H29N6O2+. The zero-order chi connectivity index (χ0) is 20.4. The number of nitrogens with zero attached hydrogens (tertiary/aromatic N) is 4. The number of nitrogens with one attached hydrogen (secondary N) is 2. The second-order valence-electron chi connectivity index (χ2n) is 7.80. The first-order valence-electron chi connectivity index (χ1n) is 10.5. The third-order valence-corrected chi connectivity index (χ3v) is 5.87. The maximum atomic E-state index is 13.1. The van der Waals surface area contributed by atoms with E-state index in [1.807, 2.05) is 22.9 Å². The van der Waals surface area contributed by atoms with Crippen LogP contribution in [0.1, 0.15) is 49.7 Å². The summed E-state index contributed by atoms with van der Waals surface area (Å²) in [6, 6.07) is 7.82. The highest BCUT2D eigenvalue weighted by molar-refractivity contribution is 5.79. The van der Waals surface area contributed by atoms with Crippen molar-refractivity contribution in [3.8, 4) is 0 Å². The molecule has 1 aromatic carbocycles. The standard InChI is InChI=1S/C21H28N6O2/c1-4-26(5-2)19(20-23-24-25-27(20)13-16-7-6-10-29-16)17-12-15-11-14(3)8-9-18(15)22-21(17)28/h8-9,11-12,16,19H,4-7,10,13H2,1-3H3,(H,22,28)/p+1/t16-,19+/m1/s1. The maximum Gasteiger partial charge on any atom is 0.258 e. The van der Waals surface area contributed by atoms with Crippen LogP contribution in [0.3, 0.4) is 0 Å². The Morgan fingerprint density at radius 3 is 2.86 bits per heavy atom. The fourth-order valence-electron chi connectivity index (χ4n) is 4.29. The number of hydrogen-bond acceptors (Lipinski definition) is 5. The fourth-order valence-corrected chi connectivity index (χ4v) is 4.29. The highest BCUT2D eigenvalue weighted by atomic mass is 16.5. The minimum Gasteiger partial charge on any atom is -0.376 e. The van der Waals surface area contributed by atoms with Crippen molar-refractivity contribution in [2.45, 2.75) is 52.3 Å². The van der Waals surface area contributed by atoms with Crippen LogP contribution < -0.4 is 10.5 Å². The van der Waals surface area contributed by atoms with E-state index in [9.17, 15) is 4.79 Å². The summed E-state index contributed by atoms with van der Waals surface area (Å²) >= 11 is 0. The first-order chi connectivity index (χ1) is 14.1. The van der Waals surface area contributed by atoms with E-state index in [1.54, 1.807) is 0 Å². The molecular weight excluding hydrogens is 368 g/mol. The predicted octanol–water partition coefficient (Wildman–Crippen LogP) is 1.02. The molecule has 1 aliphatic rings. The summed E-state index contributed by atoms with van der Waals surface area (Å²) < 4.78 is 7.61. The highest BCUT2D eigenvalue weighted by Crippen LogP contribution is 2.21. The number of pyridine rings is 1. The van der Waals surface area contributed by atoms with Gasteiger partial charge in [0.15, 0.2) is 6.04 Å². The molecule has 29 heavy (non-hydrogen) atoms. The normalized spacial score (nSPS) is 18.0. The van der Waals surface area contributed by atoms with Gasteiger partial charge in [0.05, 0.1) is 31.3 Å². The molecule has 1 aliphatic heterocycles. The lowest BCUT2D eigenvalue weighted by Crippen LogP contribution is -3.12. The molecule has 0 saturated carbocycles. The molecule has 3 aromatic rings. The average molecular weight is 398 g/mol. The minimum atomic E-state index is -0.241. The molecule has 8 nitrogen and oxygen atoms in total. The zero-order valence-electron chi connectivity index (χ0n) is 17.3. The first kappa shape index (κ1) is 19.7. The summed E-state index contributed by atoms with van der Waals surface area (Å²) in [5.74, 6) is 0.719. The van der Waals surface area contributed by atoms with E-state index < -0.39 is 0 Å². The quantitative estimate of drug-likeness (QED) is 0.621. The van der Waals surface area contributed by atoms with Gasteiger partial charge in [0, 0.05) is 12.1 Å². The van der Waals surface area contributed by atoms with E-state index in [-0.39, 0.29) is 17.7 Å². The van der Waals surface area contributed by atoms with Crippen molar-refractivity contribution in [3.63, 3.8) is 0 Å². The van der Waals surface area contributed by atoms with Crippen LogP contribution in [0.4, 0.5) is 0 Å². The fraction of sp³-hybridized carbons (Fsp3) is 0.524. The lowest BCUT2D eigenvalue weighted by molar-refractivity contribution is -0.923. The molecule has 0 amide bonds. The van der Waals surface area contributed by atoms with E-state index in [1.165, 1.54) is 4.90 Å². The van der Waals surface area contributed by atoms with Crippen LogP contribution in [-0.2, 0) is 11.3 Å². The molecule has 2 N–H and O–H groups in total. The Bertz CT molecular complexity index is 1030. The van der Waals surface area contributed by atoms with Gasteiger partial charge in [0.1, 0.15) is 0 Å². The Balaban J connectivity index is 1.81. The van der Waals surface area contributed by atoms with E-state index >= 15 is 0 Å². The lowest BCUT2D eigenvalue weighted by atomic mass is 10.0. The summed E-state index contributed by atoms with van der Waals surface area (Å²) in [5.41, 5.74) is 2.62. The van der Waals surface area contributed by atoms with Gasteiger partial charge in [-0.3, -0.25) is 4.79 Å². The molecule has 0 spiro atoms. The summed E-state index contributed by atoms with van der Waals surface area (Å²) in [6.07, 6.45) is 2.20. The summed E-state index contributed by atoms with van der Waals surface area (Å²) in [6.45, 7) is 9.43. The topological polar surface area (TPSA) is 90.1 Å². The molecule has 0 bridgehead atoms. The number of fused-ring (bicyclic) bond motifs is 1. The van der Waals surface area contributed by atoms with Crippen LogP contribution in [0.2, 0.25) is 0 Å². The van der Waals surface area contributed by atoms with Crippen LogP contribution in [0.15, 0.2) is 29.1 Å². The van der Waals surface area contributed by atoms with Gasteiger partial charge in [-0.25, -0.2) is 4.68 Å². The van der Waals surface area contributed by atoms with Crippen molar-refractivity contribution >= 4 is 10.9 Å². The Morgan fingerprint density at radius 1 is 1.31 bits per heavy atom. The number of aromatic nitrogens is 5. The van der Waals surface area contributed by atoms with Crippen LogP contribution in [-0.4, -0.2) is 51.0 Å². The summed E-state index contributed by atoms with van der Waals surface area (Å²) in [4.78, 5) is 17.4. The van der Waals surface area contributed by atoms with Crippen molar-refractivity contribution in [3.05, 3.63) is 51.6 Å². The number of rotatable bonds is 7.